The van der Waals surface area contributed by atoms with Gasteiger partial charge in [-0.1, -0.05) is 13.8 Å². The molecule has 10 nitrogen and oxygen atoms in total. The van der Waals surface area contributed by atoms with E-state index in [-0.39, 0.29) is 11.8 Å². The van der Waals surface area contributed by atoms with Gasteiger partial charge in [-0.3, -0.25) is 0 Å². The van der Waals surface area contributed by atoms with Gasteiger partial charge in [-0.15, -0.1) is 5.10 Å². The Morgan fingerprint density at radius 3 is 2.30 bits per heavy atom. The summed E-state index contributed by atoms with van der Waals surface area (Å²) in [6.45, 7) is 5.94. The molecule has 0 aliphatic heterocycles. The third-order valence-corrected chi connectivity index (χ3v) is 5.06. The molecule has 0 radical (unpaired) electrons. The van der Waals surface area contributed by atoms with Crippen molar-refractivity contribution in [3.05, 3.63) is 53.4 Å². The van der Waals surface area contributed by atoms with E-state index in [1.165, 1.54) is 33.7 Å². The number of benzene rings is 1. The van der Waals surface area contributed by atoms with E-state index < -0.39 is 0 Å². The molecular weight excluding hydrogens is 426 g/mol. The first-order valence-electron chi connectivity index (χ1n) is 10.3. The summed E-state index contributed by atoms with van der Waals surface area (Å²) in [6, 6.07) is 6.77. The minimum Gasteiger partial charge on any atom is -0.619 e. The zero-order chi connectivity index (χ0) is 23.7. The Balaban J connectivity index is 1.93. The third kappa shape index (κ3) is 4.07. The number of ether oxygens (including phenoxy) is 4. The molecule has 1 aromatic carbocycles. The second-order valence-corrected chi connectivity index (χ2v) is 7.63. The standard InChI is InChI=1S/C23H25N5O5/c1-13(2)22-24-14(3)19-23(25-21(26-28(19)22)15-8-7-9-27(29)12-15)33-16-10-17(30-4)20(32-6)18(11-16)31-5/h7-13H,1-6H3. The summed E-state index contributed by atoms with van der Waals surface area (Å²) in [6.07, 6.45) is 2.81. The van der Waals surface area contributed by atoms with Gasteiger partial charge in [0.2, 0.25) is 11.6 Å². The van der Waals surface area contributed by atoms with E-state index in [1.54, 1.807) is 28.8 Å². The second kappa shape index (κ2) is 8.81. The number of nitrogens with zero attached hydrogens (tertiary/aromatic N) is 5. The Kier molecular flexibility index (Phi) is 5.91. The fourth-order valence-electron chi connectivity index (χ4n) is 3.53. The molecule has 10 heteroatoms. The van der Waals surface area contributed by atoms with Crippen LogP contribution in [0.5, 0.6) is 28.9 Å². The molecule has 172 valence electrons. The van der Waals surface area contributed by atoms with Gasteiger partial charge in [0.1, 0.15) is 11.6 Å². The van der Waals surface area contributed by atoms with Crippen LogP contribution in [0.3, 0.4) is 0 Å². The summed E-state index contributed by atoms with van der Waals surface area (Å²) in [5, 5.41) is 16.5. The number of fused-ring (bicyclic) bond motifs is 1. The first-order chi connectivity index (χ1) is 15.9. The Morgan fingerprint density at radius 1 is 1.03 bits per heavy atom. The third-order valence-electron chi connectivity index (χ3n) is 5.06. The maximum Gasteiger partial charge on any atom is 0.249 e. The molecule has 0 saturated carbocycles. The monoisotopic (exact) mass is 451 g/mol. The number of imidazole rings is 1. The van der Waals surface area contributed by atoms with Crippen LogP contribution in [0, 0.1) is 12.1 Å². The van der Waals surface area contributed by atoms with Crippen LogP contribution in [0.15, 0.2) is 36.7 Å². The van der Waals surface area contributed by atoms with Crippen LogP contribution in [-0.4, -0.2) is 40.9 Å². The molecule has 3 heterocycles. The fraction of sp³-hybridized carbons (Fsp3) is 0.304. The molecule has 0 spiro atoms. The first kappa shape index (κ1) is 22.1. The van der Waals surface area contributed by atoms with Crippen molar-refractivity contribution in [2.24, 2.45) is 0 Å². The highest BCUT2D eigenvalue weighted by atomic mass is 16.5. The van der Waals surface area contributed by atoms with E-state index in [0.29, 0.717) is 44.6 Å². The molecule has 4 rings (SSSR count). The van der Waals surface area contributed by atoms with Gasteiger partial charge in [0, 0.05) is 24.1 Å². The summed E-state index contributed by atoms with van der Waals surface area (Å²) >= 11 is 0. The number of rotatable bonds is 7. The van der Waals surface area contributed by atoms with Crippen LogP contribution in [0.2, 0.25) is 0 Å². The molecule has 4 aromatic rings. The predicted molar refractivity (Wildman–Crippen MR) is 120 cm³/mol. The highest BCUT2D eigenvalue weighted by molar-refractivity contribution is 5.66. The van der Waals surface area contributed by atoms with Gasteiger partial charge in [0.15, 0.2) is 35.2 Å². The maximum absolute atomic E-state index is 11.9. The number of pyridine rings is 1. The van der Waals surface area contributed by atoms with Gasteiger partial charge in [0.05, 0.1) is 32.6 Å². The maximum atomic E-state index is 11.9. The van der Waals surface area contributed by atoms with Crippen molar-refractivity contribution in [3.63, 3.8) is 0 Å². The molecule has 0 amide bonds. The van der Waals surface area contributed by atoms with Crippen LogP contribution in [0.4, 0.5) is 0 Å². The van der Waals surface area contributed by atoms with Crippen molar-refractivity contribution in [1.29, 1.82) is 0 Å². The zero-order valence-corrected chi connectivity index (χ0v) is 19.3. The average Bonchev–Trinajstić information content (AvgIpc) is 3.15. The van der Waals surface area contributed by atoms with E-state index in [0.717, 1.165) is 11.5 Å². The molecule has 0 unspecified atom stereocenters. The number of methoxy groups -OCH3 is 3. The van der Waals surface area contributed by atoms with Gasteiger partial charge in [-0.2, -0.15) is 9.71 Å². The van der Waals surface area contributed by atoms with Crippen LogP contribution in [0.25, 0.3) is 16.9 Å². The van der Waals surface area contributed by atoms with Crippen molar-refractivity contribution in [1.82, 2.24) is 19.6 Å². The van der Waals surface area contributed by atoms with Crippen LogP contribution in [0.1, 0.15) is 31.3 Å². The van der Waals surface area contributed by atoms with Crippen molar-refractivity contribution < 1.29 is 23.7 Å². The van der Waals surface area contributed by atoms with Gasteiger partial charge in [0.25, 0.3) is 0 Å². The summed E-state index contributed by atoms with van der Waals surface area (Å²) in [7, 11) is 4.60. The summed E-state index contributed by atoms with van der Waals surface area (Å²) < 4.78 is 24.9. The molecule has 0 bridgehead atoms. The Bertz CT molecular complexity index is 1290. The van der Waals surface area contributed by atoms with E-state index in [9.17, 15) is 5.21 Å². The summed E-state index contributed by atoms with van der Waals surface area (Å²) in [5.74, 6) is 3.24. The Morgan fingerprint density at radius 2 is 1.73 bits per heavy atom. The van der Waals surface area contributed by atoms with Gasteiger partial charge >= 0.3 is 0 Å². The Hall–Kier alpha value is -4.08. The molecule has 0 saturated heterocycles. The first-order valence-corrected chi connectivity index (χ1v) is 10.3. The van der Waals surface area contributed by atoms with Crippen molar-refractivity contribution in [2.75, 3.05) is 21.3 Å². The lowest BCUT2D eigenvalue weighted by Crippen LogP contribution is -2.24. The lowest BCUT2D eigenvalue weighted by atomic mass is 10.2. The topological polar surface area (TPSA) is 107 Å². The lowest BCUT2D eigenvalue weighted by Gasteiger charge is -2.15. The number of hydrogen-bond acceptors (Lipinski definition) is 8. The second-order valence-electron chi connectivity index (χ2n) is 7.63. The lowest BCUT2D eigenvalue weighted by molar-refractivity contribution is -0.604. The normalized spacial score (nSPS) is 11.1. The van der Waals surface area contributed by atoms with Gasteiger partial charge < -0.3 is 24.2 Å². The van der Waals surface area contributed by atoms with E-state index in [4.69, 9.17) is 18.9 Å². The van der Waals surface area contributed by atoms with Crippen molar-refractivity contribution in [3.8, 4) is 40.3 Å². The molecule has 0 aliphatic rings. The average molecular weight is 451 g/mol. The molecule has 0 aliphatic carbocycles. The van der Waals surface area contributed by atoms with E-state index in [1.807, 2.05) is 20.8 Å². The highest BCUT2D eigenvalue weighted by Crippen LogP contribution is 2.42. The minimum absolute atomic E-state index is 0.100. The number of aryl methyl sites for hydroxylation is 1. The summed E-state index contributed by atoms with van der Waals surface area (Å²) in [4.78, 5) is 9.32. The fourth-order valence-corrected chi connectivity index (χ4v) is 3.53. The quantitative estimate of drug-likeness (QED) is 0.309. The number of hydrogen-bond donors (Lipinski definition) is 0. The zero-order valence-electron chi connectivity index (χ0n) is 19.3. The van der Waals surface area contributed by atoms with E-state index >= 15 is 0 Å². The summed E-state index contributed by atoms with van der Waals surface area (Å²) in [5.41, 5.74) is 1.90. The highest BCUT2D eigenvalue weighted by Gasteiger charge is 2.22. The molecule has 33 heavy (non-hydrogen) atoms. The molecule has 0 N–H and O–H groups in total. The van der Waals surface area contributed by atoms with Crippen LogP contribution < -0.4 is 23.7 Å². The minimum atomic E-state index is 0.100. The largest absolute Gasteiger partial charge is 0.619 e. The number of aromatic nitrogens is 5. The predicted octanol–water partition coefficient (Wildman–Crippen LogP) is 3.67. The van der Waals surface area contributed by atoms with Gasteiger partial charge in [-0.25, -0.2) is 9.50 Å². The molecule has 3 aromatic heterocycles. The van der Waals surface area contributed by atoms with Gasteiger partial charge in [-0.05, 0) is 13.0 Å². The molecule has 0 fully saturated rings. The van der Waals surface area contributed by atoms with E-state index in [2.05, 4.69) is 15.1 Å². The smallest absolute Gasteiger partial charge is 0.249 e. The molecular formula is C23H25N5O5. The molecule has 0 atom stereocenters. The van der Waals surface area contributed by atoms with Crippen LogP contribution >= 0.6 is 0 Å². The van der Waals surface area contributed by atoms with Crippen molar-refractivity contribution >= 4 is 5.52 Å². The van der Waals surface area contributed by atoms with Crippen LogP contribution in [-0.2, 0) is 0 Å². The SMILES string of the molecule is COc1cc(Oc2nc(-c3ccc[n+]([O-])c3)nn3c(C(C)C)nc(C)c23)cc(OC)c1OC. The van der Waals surface area contributed by atoms with Crippen molar-refractivity contribution in [2.45, 2.75) is 26.7 Å². The Labute approximate surface area is 190 Å².